The van der Waals surface area contributed by atoms with Crippen molar-refractivity contribution in [3.63, 3.8) is 0 Å². The fourth-order valence-corrected chi connectivity index (χ4v) is 4.87. The summed E-state index contributed by atoms with van der Waals surface area (Å²) in [7, 11) is 0. The molecule has 41 heavy (non-hydrogen) atoms. The number of aliphatic hydroxyl groups is 1. The fraction of sp³-hybridized carbons (Fsp3) is 0.406. The molecule has 2 aromatic rings. The van der Waals surface area contributed by atoms with Gasteiger partial charge in [-0.25, -0.2) is 4.79 Å². The molecule has 1 heterocycles. The number of carbonyl (C=O) groups is 3. The summed E-state index contributed by atoms with van der Waals surface area (Å²) in [6.07, 6.45) is 7.38. The van der Waals surface area contributed by atoms with Crippen molar-refractivity contribution in [3.05, 3.63) is 72.3 Å². The number of hydrogen-bond acceptors (Lipinski definition) is 7. The van der Waals surface area contributed by atoms with E-state index in [9.17, 15) is 14.4 Å². The second kappa shape index (κ2) is 16.2. The molecule has 1 aliphatic heterocycles. The van der Waals surface area contributed by atoms with Crippen molar-refractivity contribution in [1.82, 2.24) is 10.2 Å². The summed E-state index contributed by atoms with van der Waals surface area (Å²) in [5.41, 5.74) is 4.83. The van der Waals surface area contributed by atoms with E-state index in [-0.39, 0.29) is 44.0 Å². The Morgan fingerprint density at radius 3 is 2.27 bits per heavy atom. The van der Waals surface area contributed by atoms with Gasteiger partial charge < -0.3 is 29.5 Å². The van der Waals surface area contributed by atoms with Crippen LogP contribution < -0.4 is 5.32 Å². The largest absolute Gasteiger partial charge is 0.465 e. The molecule has 9 heteroatoms. The van der Waals surface area contributed by atoms with Gasteiger partial charge in [0.05, 0.1) is 19.1 Å². The number of hydrogen-bond donors (Lipinski definition) is 2. The van der Waals surface area contributed by atoms with E-state index in [2.05, 4.69) is 42.1 Å². The van der Waals surface area contributed by atoms with Crippen LogP contribution in [0, 0.1) is 12.3 Å². The van der Waals surface area contributed by atoms with Crippen LogP contribution in [0.3, 0.4) is 0 Å². The smallest absolute Gasteiger partial charge is 0.408 e. The Morgan fingerprint density at radius 2 is 1.71 bits per heavy atom. The average Bonchev–Trinajstić information content (AvgIpc) is 3.64. The van der Waals surface area contributed by atoms with Crippen molar-refractivity contribution in [2.45, 2.75) is 44.2 Å². The summed E-state index contributed by atoms with van der Waals surface area (Å²) in [5, 5.41) is 11.3. The van der Waals surface area contributed by atoms with Gasteiger partial charge in [-0.05, 0) is 42.0 Å². The zero-order chi connectivity index (χ0) is 29.6. The number of fused-ring (bicyclic) bond motifs is 3. The Balaban J connectivity index is 0.000000225. The number of alkyl carbamates (subject to hydrolysis) is 1. The van der Waals surface area contributed by atoms with Crippen LogP contribution in [0.2, 0.25) is 0 Å². The lowest BCUT2D eigenvalue weighted by Crippen LogP contribution is -2.54. The minimum atomic E-state index is -0.811. The van der Waals surface area contributed by atoms with Crippen molar-refractivity contribution in [2.75, 3.05) is 39.5 Å². The minimum Gasteiger partial charge on any atom is -0.465 e. The molecule has 218 valence electrons. The van der Waals surface area contributed by atoms with Crippen LogP contribution >= 0.6 is 0 Å². The normalized spacial score (nSPS) is 14.8. The highest BCUT2D eigenvalue weighted by Gasteiger charge is 2.33. The van der Waals surface area contributed by atoms with Crippen LogP contribution in [0.25, 0.3) is 11.1 Å². The number of nitrogens with one attached hydrogen (secondary N) is 1. The summed E-state index contributed by atoms with van der Waals surface area (Å²) >= 11 is 0. The molecule has 4 rings (SSSR count). The topological polar surface area (TPSA) is 114 Å². The first-order chi connectivity index (χ1) is 19.9. The number of likely N-dealkylation sites (tertiary alicyclic amines) is 1. The van der Waals surface area contributed by atoms with Gasteiger partial charge in [0.25, 0.3) is 0 Å². The Morgan fingerprint density at radius 1 is 1.10 bits per heavy atom. The highest BCUT2D eigenvalue weighted by Crippen LogP contribution is 2.44. The number of rotatable bonds is 11. The van der Waals surface area contributed by atoms with Gasteiger partial charge in [-0.15, -0.1) is 6.42 Å². The van der Waals surface area contributed by atoms with Crippen molar-refractivity contribution >= 4 is 18.0 Å². The van der Waals surface area contributed by atoms with Gasteiger partial charge in [-0.2, -0.15) is 0 Å². The minimum absolute atomic E-state index is 0.0516. The highest BCUT2D eigenvalue weighted by atomic mass is 16.5. The van der Waals surface area contributed by atoms with Crippen molar-refractivity contribution in [1.29, 1.82) is 0 Å². The number of aliphatic hydroxyl groups excluding tert-OH is 1. The lowest BCUT2D eigenvalue weighted by Gasteiger charge is -2.27. The first-order valence-electron chi connectivity index (χ1n) is 13.7. The lowest BCUT2D eigenvalue weighted by atomic mass is 9.98. The Hall–Kier alpha value is -4.13. The number of ether oxygens (including phenoxy) is 3. The maximum atomic E-state index is 12.5. The second-order valence-corrected chi connectivity index (χ2v) is 9.65. The summed E-state index contributed by atoms with van der Waals surface area (Å²) in [6.45, 7) is 6.86. The van der Waals surface area contributed by atoms with E-state index < -0.39 is 18.2 Å². The molecular weight excluding hydrogens is 524 g/mol. The molecule has 2 amide bonds. The zero-order valence-electron chi connectivity index (χ0n) is 23.4. The van der Waals surface area contributed by atoms with Gasteiger partial charge in [0, 0.05) is 19.0 Å². The molecule has 2 N–H and O–H groups in total. The monoisotopic (exact) mass is 562 g/mol. The van der Waals surface area contributed by atoms with E-state index in [0.717, 1.165) is 12.8 Å². The molecule has 0 unspecified atom stereocenters. The molecular formula is C32H38N2O7. The third-order valence-electron chi connectivity index (χ3n) is 6.88. The van der Waals surface area contributed by atoms with E-state index in [1.165, 1.54) is 28.3 Å². The van der Waals surface area contributed by atoms with E-state index in [4.69, 9.17) is 25.7 Å². The van der Waals surface area contributed by atoms with Crippen molar-refractivity contribution in [2.24, 2.45) is 0 Å². The summed E-state index contributed by atoms with van der Waals surface area (Å²) in [5.74, 6) is 1.91. The number of benzene rings is 2. The van der Waals surface area contributed by atoms with Crippen LogP contribution in [0.1, 0.15) is 43.2 Å². The molecule has 2 aromatic carbocycles. The maximum absolute atomic E-state index is 12.5. The number of terminal acetylenes is 1. The van der Waals surface area contributed by atoms with E-state index in [1.807, 2.05) is 24.3 Å². The molecule has 2 aliphatic rings. The van der Waals surface area contributed by atoms with Gasteiger partial charge >= 0.3 is 12.1 Å². The molecule has 0 spiro atoms. The number of amides is 2. The molecule has 2 atom stereocenters. The zero-order valence-corrected chi connectivity index (χ0v) is 23.4. The quantitative estimate of drug-likeness (QED) is 0.244. The third kappa shape index (κ3) is 8.68. The highest BCUT2D eigenvalue weighted by molar-refractivity contribution is 5.86. The number of esters is 1. The maximum Gasteiger partial charge on any atom is 0.408 e. The Kier molecular flexibility index (Phi) is 12.4. The molecule has 1 aliphatic carbocycles. The molecule has 1 fully saturated rings. The third-order valence-corrected chi connectivity index (χ3v) is 6.88. The summed E-state index contributed by atoms with van der Waals surface area (Å²) in [6, 6.07) is 15.6. The van der Waals surface area contributed by atoms with E-state index in [0.29, 0.717) is 19.7 Å². The Labute approximate surface area is 241 Å². The van der Waals surface area contributed by atoms with Crippen LogP contribution in [0.4, 0.5) is 4.79 Å². The fourth-order valence-electron chi connectivity index (χ4n) is 4.87. The molecule has 9 nitrogen and oxygen atoms in total. The van der Waals surface area contributed by atoms with Crippen molar-refractivity contribution < 1.29 is 33.7 Å². The molecule has 1 saturated heterocycles. The van der Waals surface area contributed by atoms with Crippen LogP contribution in [-0.4, -0.2) is 79.6 Å². The van der Waals surface area contributed by atoms with Gasteiger partial charge in [0.2, 0.25) is 5.91 Å². The summed E-state index contributed by atoms with van der Waals surface area (Å²) < 4.78 is 15.5. The Bertz CT molecular complexity index is 1190. The van der Waals surface area contributed by atoms with Gasteiger partial charge in [-0.1, -0.05) is 67.1 Å². The first kappa shape index (κ1) is 31.4. The van der Waals surface area contributed by atoms with Gasteiger partial charge in [0.1, 0.15) is 25.9 Å². The van der Waals surface area contributed by atoms with E-state index >= 15 is 0 Å². The van der Waals surface area contributed by atoms with Crippen LogP contribution in [-0.2, 0) is 23.8 Å². The summed E-state index contributed by atoms with van der Waals surface area (Å²) in [4.78, 5) is 37.3. The number of nitrogens with zero attached hydrogens (tertiary/aromatic N) is 1. The van der Waals surface area contributed by atoms with Crippen LogP contribution in [0.5, 0.6) is 0 Å². The number of carbonyl (C=O) groups excluding carboxylic acids is 3. The molecule has 0 saturated carbocycles. The molecule has 0 aromatic heterocycles. The van der Waals surface area contributed by atoms with Gasteiger partial charge in [-0.3, -0.25) is 9.59 Å². The predicted molar refractivity (Wildman–Crippen MR) is 155 cm³/mol. The van der Waals surface area contributed by atoms with Crippen LogP contribution in [0.15, 0.2) is 61.2 Å². The SMILES string of the molecule is C#CCO[C@H](C)[C@H](NC(=O)OCC=C)C(=O)N1CCCC1.O=C(CCO)OCC1c2ccccc2-c2ccccc21. The predicted octanol–water partition coefficient (Wildman–Crippen LogP) is 3.65. The molecule has 0 bridgehead atoms. The standard InChI is InChI=1S/C17H16O3.C15H22N2O4/c18-10-9-17(19)20-11-16-14-7-3-1-5-12(14)13-6-2-4-8-15(13)16;1-4-10-20-12(3)13(16-15(19)21-11-5-2)14(18)17-8-6-7-9-17/h1-8,16,18H,9-11H2;1,5,12-13H,2,6-11H2,3H3,(H,16,19)/t;12-,13+/m.1/s1. The first-order valence-corrected chi connectivity index (χ1v) is 13.7. The average molecular weight is 563 g/mol. The molecule has 0 radical (unpaired) electrons. The van der Waals surface area contributed by atoms with Gasteiger partial charge in [0.15, 0.2) is 0 Å². The van der Waals surface area contributed by atoms with Crippen molar-refractivity contribution in [3.8, 4) is 23.5 Å². The lowest BCUT2D eigenvalue weighted by molar-refractivity contribution is -0.144. The van der Waals surface area contributed by atoms with E-state index in [1.54, 1.807) is 11.8 Å². The second-order valence-electron chi connectivity index (χ2n) is 9.65.